The summed E-state index contributed by atoms with van der Waals surface area (Å²) < 4.78 is 39.3. The van der Waals surface area contributed by atoms with Crippen LogP contribution in [0.25, 0.3) is 27.7 Å². The van der Waals surface area contributed by atoms with Gasteiger partial charge in [-0.05, 0) is 24.2 Å². The highest BCUT2D eigenvalue weighted by molar-refractivity contribution is 7.91. The van der Waals surface area contributed by atoms with E-state index in [2.05, 4.69) is 50.3 Å². The third-order valence-corrected chi connectivity index (χ3v) is 13.6. The van der Waals surface area contributed by atoms with Crippen molar-refractivity contribution in [2.45, 2.75) is 64.7 Å². The average Bonchev–Trinajstić information content (AvgIpc) is 3.45. The second-order valence-corrected chi connectivity index (χ2v) is 28.5. The molecule has 14 heteroatoms. The summed E-state index contributed by atoms with van der Waals surface area (Å²) in [5, 5.41) is 5.83. The SMILES string of the molecule is CCC(=O)c1c(N2CCS(=O)(=O)CC2)nc2c(-c3cnc4ccccc4c3)cnn2c1N(COCC[Si](C)(C)C)COCC[Si](C)(C)C. The minimum absolute atomic E-state index is 0.00101. The van der Waals surface area contributed by atoms with Crippen molar-refractivity contribution in [3.8, 4) is 11.1 Å². The maximum absolute atomic E-state index is 14.0. The number of benzene rings is 1. The summed E-state index contributed by atoms with van der Waals surface area (Å²) in [5.41, 5.74) is 3.43. The number of fused-ring (bicyclic) bond motifs is 2. The number of ether oxygens (including phenoxy) is 2. The van der Waals surface area contributed by atoms with Gasteiger partial charge in [0.2, 0.25) is 0 Å². The van der Waals surface area contributed by atoms with Gasteiger partial charge in [-0.1, -0.05) is 64.4 Å². The first-order valence-electron chi connectivity index (χ1n) is 16.8. The second kappa shape index (κ2) is 14.7. The Morgan fingerprint density at radius 2 is 1.56 bits per heavy atom. The average molecular weight is 711 g/mol. The molecule has 3 aromatic heterocycles. The number of carbonyl (C=O) groups excluding carboxylic acids is 1. The monoisotopic (exact) mass is 710 g/mol. The molecule has 48 heavy (non-hydrogen) atoms. The Labute approximate surface area is 286 Å². The highest BCUT2D eigenvalue weighted by atomic mass is 32.2. The zero-order valence-electron chi connectivity index (χ0n) is 29.5. The van der Waals surface area contributed by atoms with Crippen molar-refractivity contribution in [1.82, 2.24) is 19.6 Å². The van der Waals surface area contributed by atoms with Crippen molar-refractivity contribution >= 4 is 60.0 Å². The molecule has 0 spiro atoms. The van der Waals surface area contributed by atoms with Crippen molar-refractivity contribution in [1.29, 1.82) is 0 Å². The Morgan fingerprint density at radius 3 is 2.17 bits per heavy atom. The van der Waals surface area contributed by atoms with Crippen LogP contribution in [0, 0.1) is 0 Å². The predicted octanol–water partition coefficient (Wildman–Crippen LogP) is 6.20. The number of sulfone groups is 1. The summed E-state index contributed by atoms with van der Waals surface area (Å²) in [6.07, 6.45) is 3.82. The minimum Gasteiger partial charge on any atom is -0.361 e. The molecule has 1 saturated heterocycles. The van der Waals surface area contributed by atoms with Crippen molar-refractivity contribution in [2.75, 3.05) is 61.1 Å². The van der Waals surface area contributed by atoms with E-state index in [4.69, 9.17) is 19.6 Å². The van der Waals surface area contributed by atoms with Gasteiger partial charge in [0.25, 0.3) is 0 Å². The number of hydrogen-bond donors (Lipinski definition) is 0. The van der Waals surface area contributed by atoms with E-state index in [1.807, 2.05) is 47.2 Å². The number of anilines is 2. The van der Waals surface area contributed by atoms with Gasteiger partial charge in [0.1, 0.15) is 24.8 Å². The van der Waals surface area contributed by atoms with Crippen LogP contribution in [0.4, 0.5) is 11.6 Å². The molecule has 5 rings (SSSR count). The molecule has 0 saturated carbocycles. The maximum atomic E-state index is 14.0. The molecule has 0 bridgehead atoms. The standard InChI is InChI=1S/C34H50N6O5SSi2/c1-8-30(41)31-33(38-13-17-46(42,43)18-14-38)37-32-28(27-21-26-11-9-10-12-29(26)35-22-27)23-36-40(32)34(31)39(24-44-15-19-47(2,3)4)25-45-16-20-48(5,6)7/h9-12,21-23H,8,13-20,24-25H2,1-7H3. The topological polar surface area (TPSA) is 119 Å². The van der Waals surface area contributed by atoms with Gasteiger partial charge in [-0.25, -0.2) is 13.4 Å². The van der Waals surface area contributed by atoms with Crippen molar-refractivity contribution < 1.29 is 22.7 Å². The molecule has 4 heterocycles. The molecule has 1 aromatic carbocycles. The Bertz CT molecular complexity index is 1830. The molecular weight excluding hydrogens is 661 g/mol. The van der Waals surface area contributed by atoms with E-state index in [0.29, 0.717) is 36.1 Å². The lowest BCUT2D eigenvalue weighted by atomic mass is 10.1. The minimum atomic E-state index is -3.17. The molecule has 0 radical (unpaired) electrons. The normalized spacial score (nSPS) is 15.4. The summed E-state index contributed by atoms with van der Waals surface area (Å²) in [5.74, 6) is 0.888. The lowest BCUT2D eigenvalue weighted by Crippen LogP contribution is -2.42. The fourth-order valence-electron chi connectivity index (χ4n) is 5.53. The van der Waals surface area contributed by atoms with E-state index in [0.717, 1.165) is 34.1 Å². The van der Waals surface area contributed by atoms with Crippen LogP contribution in [-0.2, 0) is 19.3 Å². The number of hydrogen-bond acceptors (Lipinski definition) is 10. The van der Waals surface area contributed by atoms with Gasteiger partial charge in [-0.15, -0.1) is 0 Å². The summed E-state index contributed by atoms with van der Waals surface area (Å²) in [6.45, 7) is 17.8. The van der Waals surface area contributed by atoms with E-state index < -0.39 is 26.0 Å². The smallest absolute Gasteiger partial charge is 0.170 e. The molecule has 0 amide bonds. The molecule has 1 aliphatic heterocycles. The van der Waals surface area contributed by atoms with Crippen molar-refractivity contribution in [2.24, 2.45) is 0 Å². The molecule has 4 aromatic rings. The van der Waals surface area contributed by atoms with Gasteiger partial charge in [0.05, 0.1) is 23.2 Å². The predicted molar refractivity (Wildman–Crippen MR) is 200 cm³/mol. The Hall–Kier alpha value is -3.18. The van der Waals surface area contributed by atoms with Crippen LogP contribution >= 0.6 is 0 Å². The van der Waals surface area contributed by atoms with Crippen LogP contribution in [-0.4, -0.2) is 101 Å². The van der Waals surface area contributed by atoms with Crippen LogP contribution in [0.3, 0.4) is 0 Å². The van der Waals surface area contributed by atoms with Gasteiger partial charge in [-0.3, -0.25) is 9.78 Å². The number of aromatic nitrogens is 4. The molecule has 260 valence electrons. The summed E-state index contributed by atoms with van der Waals surface area (Å²) in [6, 6.07) is 12.0. The fraction of sp³-hybridized carbons (Fsp3) is 0.529. The fourth-order valence-corrected chi connectivity index (χ4v) is 8.24. The summed E-state index contributed by atoms with van der Waals surface area (Å²) >= 11 is 0. The lowest BCUT2D eigenvalue weighted by Gasteiger charge is -2.33. The van der Waals surface area contributed by atoms with E-state index in [1.54, 1.807) is 10.7 Å². The van der Waals surface area contributed by atoms with Crippen LogP contribution in [0.1, 0.15) is 23.7 Å². The van der Waals surface area contributed by atoms with Gasteiger partial charge >= 0.3 is 0 Å². The van der Waals surface area contributed by atoms with E-state index in [1.165, 1.54) is 0 Å². The van der Waals surface area contributed by atoms with E-state index >= 15 is 0 Å². The van der Waals surface area contributed by atoms with Crippen molar-refractivity contribution in [3.05, 3.63) is 48.3 Å². The highest BCUT2D eigenvalue weighted by Crippen LogP contribution is 2.36. The van der Waals surface area contributed by atoms with Crippen LogP contribution < -0.4 is 9.80 Å². The third-order valence-electron chi connectivity index (χ3n) is 8.54. The number of carbonyl (C=O) groups is 1. The quantitative estimate of drug-likeness (QED) is 0.0611. The number of rotatable bonds is 15. The number of pyridine rings is 1. The van der Waals surface area contributed by atoms with Crippen LogP contribution in [0.5, 0.6) is 0 Å². The van der Waals surface area contributed by atoms with Gasteiger partial charge < -0.3 is 19.3 Å². The van der Waals surface area contributed by atoms with E-state index in [9.17, 15) is 13.2 Å². The Kier molecular flexibility index (Phi) is 11.1. The van der Waals surface area contributed by atoms with Gasteiger partial charge in [0, 0.05) is 71.6 Å². The molecule has 0 atom stereocenters. The molecule has 0 aliphatic carbocycles. The summed E-state index contributed by atoms with van der Waals surface area (Å²) in [4.78, 5) is 27.7. The first-order valence-corrected chi connectivity index (χ1v) is 26.1. The zero-order valence-corrected chi connectivity index (χ0v) is 32.3. The zero-order chi connectivity index (χ0) is 34.7. The van der Waals surface area contributed by atoms with E-state index in [-0.39, 0.29) is 50.3 Å². The Balaban J connectivity index is 1.68. The second-order valence-electron chi connectivity index (χ2n) is 15.0. The Morgan fingerprint density at radius 1 is 0.938 bits per heavy atom. The largest absolute Gasteiger partial charge is 0.361 e. The number of ketones is 1. The molecule has 0 unspecified atom stereocenters. The number of nitrogens with zero attached hydrogens (tertiary/aromatic N) is 6. The summed E-state index contributed by atoms with van der Waals surface area (Å²) in [7, 11) is -5.87. The van der Waals surface area contributed by atoms with Crippen molar-refractivity contribution in [3.63, 3.8) is 0 Å². The van der Waals surface area contributed by atoms with Gasteiger partial charge in [-0.2, -0.15) is 9.61 Å². The number of para-hydroxylation sites is 1. The lowest BCUT2D eigenvalue weighted by molar-refractivity contribution is 0.0929. The van der Waals surface area contributed by atoms with Gasteiger partial charge in [0.15, 0.2) is 27.1 Å². The molecule has 11 nitrogen and oxygen atoms in total. The third kappa shape index (κ3) is 8.88. The molecule has 1 fully saturated rings. The molecular formula is C34H50N6O5SSi2. The first kappa shape index (κ1) is 36.1. The first-order chi connectivity index (χ1) is 22.7. The highest BCUT2D eigenvalue weighted by Gasteiger charge is 2.32. The maximum Gasteiger partial charge on any atom is 0.170 e. The molecule has 0 N–H and O–H groups in total. The van der Waals surface area contributed by atoms with Crippen LogP contribution in [0.2, 0.25) is 51.4 Å². The van der Waals surface area contributed by atoms with Crippen LogP contribution in [0.15, 0.2) is 42.7 Å². The molecule has 1 aliphatic rings. The number of Topliss-reactive ketones (excluding diaryl/α,β-unsaturated/α-hetero) is 1.